The van der Waals surface area contributed by atoms with Crippen LogP contribution in [0.2, 0.25) is 0 Å². The molecule has 0 bridgehead atoms. The molecule has 0 aliphatic carbocycles. The monoisotopic (exact) mass is 253 g/mol. The van der Waals surface area contributed by atoms with Crippen LogP contribution in [0.1, 0.15) is 12.0 Å². The quantitative estimate of drug-likeness (QED) is 0.821. The molecule has 0 aromatic carbocycles. The van der Waals surface area contributed by atoms with Gasteiger partial charge in [0, 0.05) is 6.20 Å². The van der Waals surface area contributed by atoms with E-state index in [1.165, 1.54) is 0 Å². The number of pyridine rings is 1. The summed E-state index contributed by atoms with van der Waals surface area (Å²) in [5.41, 5.74) is 1.52. The van der Waals surface area contributed by atoms with Crippen molar-refractivity contribution in [3.63, 3.8) is 0 Å². The van der Waals surface area contributed by atoms with Gasteiger partial charge in [-0.3, -0.25) is 4.79 Å². The molecular formula is C9H8BrN3O. The molecule has 14 heavy (non-hydrogen) atoms. The molecule has 0 spiro atoms. The molecule has 0 saturated carbocycles. The summed E-state index contributed by atoms with van der Waals surface area (Å²) in [7, 11) is 0. The van der Waals surface area contributed by atoms with E-state index in [2.05, 4.69) is 26.2 Å². The molecule has 4 nitrogen and oxygen atoms in total. The van der Waals surface area contributed by atoms with E-state index in [9.17, 15) is 4.79 Å². The van der Waals surface area contributed by atoms with Crippen molar-refractivity contribution >= 4 is 27.5 Å². The zero-order valence-corrected chi connectivity index (χ0v) is 9.13. The van der Waals surface area contributed by atoms with E-state index in [-0.39, 0.29) is 12.3 Å². The van der Waals surface area contributed by atoms with Crippen molar-refractivity contribution < 1.29 is 4.79 Å². The Labute approximate surface area is 90.1 Å². The number of anilines is 1. The van der Waals surface area contributed by atoms with Crippen molar-refractivity contribution in [2.24, 2.45) is 0 Å². The lowest BCUT2D eigenvalue weighted by molar-refractivity contribution is -0.115. The number of nitrogens with zero attached hydrogens (tertiary/aromatic N) is 2. The number of rotatable bonds is 2. The maximum absolute atomic E-state index is 11.1. The lowest BCUT2D eigenvalue weighted by Gasteiger charge is -2.07. The van der Waals surface area contributed by atoms with Crippen molar-refractivity contribution in [2.75, 3.05) is 5.32 Å². The summed E-state index contributed by atoms with van der Waals surface area (Å²) in [5.74, 6) is -0.329. The first-order chi connectivity index (χ1) is 6.65. The van der Waals surface area contributed by atoms with Gasteiger partial charge in [0.05, 0.1) is 11.8 Å². The fourth-order valence-corrected chi connectivity index (χ4v) is 1.46. The number of carbonyl (C=O) groups excluding carboxylic acids is 1. The summed E-state index contributed by atoms with van der Waals surface area (Å²) in [5, 5.41) is 10.9. The Kier molecular flexibility index (Phi) is 3.60. The first-order valence-corrected chi connectivity index (χ1v) is 4.72. The number of hydrogen-bond acceptors (Lipinski definition) is 3. The number of nitrogens with one attached hydrogen (secondary N) is 1. The fourth-order valence-electron chi connectivity index (χ4n) is 0.931. The SMILES string of the molecule is Cc1ccnc(Br)c1NC(=O)CC#N. The molecule has 72 valence electrons. The highest BCUT2D eigenvalue weighted by Gasteiger charge is 2.07. The minimum Gasteiger partial charge on any atom is -0.323 e. The predicted octanol–water partition coefficient (Wildman–Crippen LogP) is 2.00. The number of halogens is 1. The molecule has 0 radical (unpaired) electrons. The van der Waals surface area contributed by atoms with Gasteiger partial charge in [-0.25, -0.2) is 4.98 Å². The van der Waals surface area contributed by atoms with E-state index < -0.39 is 0 Å². The Morgan fingerprint density at radius 2 is 2.50 bits per heavy atom. The second-order valence-electron chi connectivity index (χ2n) is 2.68. The van der Waals surface area contributed by atoms with Crippen LogP contribution in [0.15, 0.2) is 16.9 Å². The van der Waals surface area contributed by atoms with Gasteiger partial charge in [0.25, 0.3) is 0 Å². The number of aromatic nitrogens is 1. The van der Waals surface area contributed by atoms with Crippen molar-refractivity contribution in [3.8, 4) is 6.07 Å². The van der Waals surface area contributed by atoms with Crippen LogP contribution in [-0.2, 0) is 4.79 Å². The Bertz CT molecular complexity index is 377. The van der Waals surface area contributed by atoms with Crippen molar-refractivity contribution in [1.82, 2.24) is 4.98 Å². The van der Waals surface area contributed by atoms with Crippen LogP contribution >= 0.6 is 15.9 Å². The zero-order chi connectivity index (χ0) is 10.6. The predicted molar refractivity (Wildman–Crippen MR) is 55.5 cm³/mol. The Morgan fingerprint density at radius 3 is 3.07 bits per heavy atom. The zero-order valence-electron chi connectivity index (χ0n) is 7.54. The molecule has 1 amide bonds. The molecule has 1 heterocycles. The molecule has 0 atom stereocenters. The first kappa shape index (κ1) is 10.7. The first-order valence-electron chi connectivity index (χ1n) is 3.93. The number of nitriles is 1. The van der Waals surface area contributed by atoms with E-state index in [1.807, 2.05) is 6.92 Å². The third kappa shape index (κ3) is 2.54. The van der Waals surface area contributed by atoms with Gasteiger partial charge < -0.3 is 5.32 Å². The van der Waals surface area contributed by atoms with Gasteiger partial charge in [-0.2, -0.15) is 5.26 Å². The average Bonchev–Trinajstić information content (AvgIpc) is 2.12. The van der Waals surface area contributed by atoms with Gasteiger partial charge in [-0.05, 0) is 34.5 Å². The molecule has 1 rings (SSSR count). The van der Waals surface area contributed by atoms with Crippen LogP contribution < -0.4 is 5.32 Å². The third-order valence-electron chi connectivity index (χ3n) is 1.62. The maximum atomic E-state index is 11.1. The number of carbonyl (C=O) groups is 1. The summed E-state index contributed by atoms with van der Waals surface area (Å²) in [6.45, 7) is 1.86. The largest absolute Gasteiger partial charge is 0.323 e. The number of amides is 1. The van der Waals surface area contributed by atoms with E-state index >= 15 is 0 Å². The molecule has 0 saturated heterocycles. The molecule has 1 aromatic heterocycles. The summed E-state index contributed by atoms with van der Waals surface area (Å²) in [6, 6.07) is 3.56. The highest BCUT2D eigenvalue weighted by molar-refractivity contribution is 9.10. The molecule has 0 aliphatic rings. The molecule has 0 aliphatic heterocycles. The van der Waals surface area contributed by atoms with Gasteiger partial charge >= 0.3 is 0 Å². The second kappa shape index (κ2) is 4.72. The topological polar surface area (TPSA) is 65.8 Å². The second-order valence-corrected chi connectivity index (χ2v) is 3.43. The minimum atomic E-state index is -0.329. The number of hydrogen-bond donors (Lipinski definition) is 1. The Hall–Kier alpha value is -1.41. The highest BCUT2D eigenvalue weighted by Crippen LogP contribution is 2.23. The fraction of sp³-hybridized carbons (Fsp3) is 0.222. The molecule has 1 aromatic rings. The van der Waals surface area contributed by atoms with Gasteiger partial charge in [0.15, 0.2) is 0 Å². The van der Waals surface area contributed by atoms with E-state index in [0.29, 0.717) is 10.3 Å². The highest BCUT2D eigenvalue weighted by atomic mass is 79.9. The van der Waals surface area contributed by atoms with Crippen LogP contribution in [0.25, 0.3) is 0 Å². The van der Waals surface area contributed by atoms with Crippen LogP contribution in [-0.4, -0.2) is 10.9 Å². The van der Waals surface area contributed by atoms with Crippen LogP contribution in [0.4, 0.5) is 5.69 Å². The summed E-state index contributed by atoms with van der Waals surface area (Å²) in [6.07, 6.45) is 1.49. The van der Waals surface area contributed by atoms with Crippen LogP contribution in [0, 0.1) is 18.3 Å². The summed E-state index contributed by atoms with van der Waals surface area (Å²) in [4.78, 5) is 15.1. The lowest BCUT2D eigenvalue weighted by atomic mass is 10.2. The van der Waals surface area contributed by atoms with Crippen molar-refractivity contribution in [2.45, 2.75) is 13.3 Å². The van der Waals surface area contributed by atoms with Gasteiger partial charge in [0.1, 0.15) is 11.0 Å². The smallest absolute Gasteiger partial charge is 0.238 e. The van der Waals surface area contributed by atoms with E-state index in [4.69, 9.17) is 5.26 Å². The maximum Gasteiger partial charge on any atom is 0.238 e. The molecular weight excluding hydrogens is 246 g/mol. The molecule has 0 fully saturated rings. The van der Waals surface area contributed by atoms with Crippen molar-refractivity contribution in [1.29, 1.82) is 5.26 Å². The molecule has 1 N–H and O–H groups in total. The standard InChI is InChI=1S/C9H8BrN3O/c1-6-3-5-12-9(10)8(6)13-7(14)2-4-11/h3,5H,2H2,1H3,(H,13,14). The Morgan fingerprint density at radius 1 is 1.79 bits per heavy atom. The third-order valence-corrected chi connectivity index (χ3v) is 2.22. The minimum absolute atomic E-state index is 0.152. The molecule has 5 heteroatoms. The van der Waals surface area contributed by atoms with Crippen LogP contribution in [0.5, 0.6) is 0 Å². The van der Waals surface area contributed by atoms with E-state index in [1.54, 1.807) is 18.3 Å². The van der Waals surface area contributed by atoms with E-state index in [0.717, 1.165) is 5.56 Å². The summed E-state index contributed by atoms with van der Waals surface area (Å²) < 4.78 is 0.573. The van der Waals surface area contributed by atoms with Gasteiger partial charge in [-0.15, -0.1) is 0 Å². The van der Waals surface area contributed by atoms with Gasteiger partial charge in [-0.1, -0.05) is 0 Å². The molecule has 0 unspecified atom stereocenters. The number of aryl methyl sites for hydroxylation is 1. The van der Waals surface area contributed by atoms with Crippen molar-refractivity contribution in [3.05, 3.63) is 22.4 Å². The normalized spacial score (nSPS) is 9.21. The average molecular weight is 254 g/mol. The van der Waals surface area contributed by atoms with Gasteiger partial charge in [0.2, 0.25) is 5.91 Å². The summed E-state index contributed by atoms with van der Waals surface area (Å²) >= 11 is 3.22. The Balaban J connectivity index is 2.87. The lowest BCUT2D eigenvalue weighted by Crippen LogP contribution is -2.12. The van der Waals surface area contributed by atoms with Crippen LogP contribution in [0.3, 0.4) is 0 Å².